The molecule has 16 heteroatoms. The minimum Gasteiger partial charge on any atom is -0.393 e. The van der Waals surface area contributed by atoms with Crippen molar-refractivity contribution in [2.45, 2.75) is 70.7 Å². The number of rotatable bonds is 12. The molecule has 4 heterocycles. The first-order valence-corrected chi connectivity index (χ1v) is 18.6. The second kappa shape index (κ2) is 15.6. The van der Waals surface area contributed by atoms with E-state index in [1.165, 1.54) is 6.08 Å². The Labute approximate surface area is 317 Å². The molecule has 2 radical (unpaired) electrons. The average molecular weight is 736 g/mol. The molecule has 2 saturated carbocycles. The van der Waals surface area contributed by atoms with Crippen LogP contribution in [-0.2, 0) is 21.8 Å². The van der Waals surface area contributed by atoms with Gasteiger partial charge in [-0.3, -0.25) is 24.0 Å². The Kier molecular flexibility index (Phi) is 11.1. The second-order valence-electron chi connectivity index (χ2n) is 14.1. The molecule has 3 aromatic rings. The molecule has 284 valence electrons. The number of nitrogens with one attached hydrogen (secondary N) is 3. The van der Waals surface area contributed by atoms with E-state index in [9.17, 15) is 19.5 Å². The van der Waals surface area contributed by atoms with Gasteiger partial charge in [0.15, 0.2) is 0 Å². The van der Waals surface area contributed by atoms with Crippen LogP contribution in [0.4, 0.5) is 11.4 Å². The molecule has 0 spiro atoms. The largest absolute Gasteiger partial charge is 0.393 e. The average Bonchev–Trinajstić information content (AvgIpc) is 4.09. The molecule has 1 aromatic carbocycles. The van der Waals surface area contributed by atoms with Crippen LogP contribution in [0.15, 0.2) is 65.9 Å². The lowest BCUT2D eigenvalue weighted by atomic mass is 9.82. The zero-order valence-electron chi connectivity index (χ0n) is 31.6. The number of carbonyl (C=O) groups excluding carboxylic acids is 3. The summed E-state index contributed by atoms with van der Waals surface area (Å²) < 4.78 is 1.97. The van der Waals surface area contributed by atoms with Gasteiger partial charge in [0.25, 0.3) is 11.8 Å². The maximum atomic E-state index is 13.0. The van der Waals surface area contributed by atoms with Crippen LogP contribution in [0.2, 0.25) is 0 Å². The van der Waals surface area contributed by atoms with E-state index in [1.807, 2.05) is 56.9 Å². The number of aliphatic hydroxyl groups is 1. The van der Waals surface area contributed by atoms with Crippen molar-refractivity contribution >= 4 is 36.9 Å². The van der Waals surface area contributed by atoms with Crippen molar-refractivity contribution in [3.8, 4) is 11.1 Å². The van der Waals surface area contributed by atoms with Gasteiger partial charge in [-0.1, -0.05) is 32.0 Å². The Morgan fingerprint density at radius 1 is 1.07 bits per heavy atom. The molecule has 54 heavy (non-hydrogen) atoms. The van der Waals surface area contributed by atoms with E-state index >= 15 is 0 Å². The van der Waals surface area contributed by atoms with Crippen molar-refractivity contribution < 1.29 is 19.5 Å². The number of aromatic nitrogens is 3. The molecule has 1 atom stereocenters. The van der Waals surface area contributed by atoms with Gasteiger partial charge in [0.1, 0.15) is 30.7 Å². The lowest BCUT2D eigenvalue weighted by Gasteiger charge is -2.48. The molecule has 2 aliphatic carbocycles. The van der Waals surface area contributed by atoms with E-state index in [1.54, 1.807) is 35.0 Å². The number of anilines is 2. The van der Waals surface area contributed by atoms with E-state index in [0.29, 0.717) is 31.9 Å². The summed E-state index contributed by atoms with van der Waals surface area (Å²) in [5.41, 5.74) is 15.8. The number of para-hydroxylation sites is 1. The van der Waals surface area contributed by atoms with Crippen LogP contribution < -0.4 is 32.3 Å². The second-order valence-corrected chi connectivity index (χ2v) is 14.1. The SMILES string of the molecule is CC.[B]C(O)(c1cccc(C(=O)N(C)CC)n1)N1CC(n2ncc3c2CN(C)c2c(NC(/C=C(\N)NC(=O)C4CC4)=C(/N)C(=O)NC4CC4)cccc2-3)C1. The molecule has 2 aromatic heterocycles. The molecule has 3 fully saturated rings. The van der Waals surface area contributed by atoms with Crippen molar-refractivity contribution in [3.05, 3.63) is 83.0 Å². The topological polar surface area (TPSA) is 200 Å². The summed E-state index contributed by atoms with van der Waals surface area (Å²) in [7, 11) is 10.1. The minimum atomic E-state index is -1.88. The van der Waals surface area contributed by atoms with Gasteiger partial charge < -0.3 is 42.3 Å². The Morgan fingerprint density at radius 2 is 1.78 bits per heavy atom. The highest BCUT2D eigenvalue weighted by molar-refractivity contribution is 6.14. The van der Waals surface area contributed by atoms with Crippen molar-refractivity contribution in [1.29, 1.82) is 0 Å². The van der Waals surface area contributed by atoms with Crippen LogP contribution in [0.5, 0.6) is 0 Å². The molecular formula is C38H50BN11O4. The van der Waals surface area contributed by atoms with E-state index in [4.69, 9.17) is 24.4 Å². The van der Waals surface area contributed by atoms with Crippen LogP contribution in [0, 0.1) is 5.92 Å². The van der Waals surface area contributed by atoms with Gasteiger partial charge in [-0.05, 0) is 50.8 Å². The Balaban J connectivity index is 0.00000245. The third kappa shape index (κ3) is 7.80. The van der Waals surface area contributed by atoms with E-state index in [-0.39, 0.29) is 58.4 Å². The first kappa shape index (κ1) is 38.4. The Hall–Kier alpha value is -5.35. The molecule has 1 unspecified atom stereocenters. The highest BCUT2D eigenvalue weighted by Crippen LogP contribution is 2.45. The van der Waals surface area contributed by atoms with Crippen molar-refractivity contribution in [1.82, 2.24) is 35.2 Å². The van der Waals surface area contributed by atoms with Crippen LogP contribution in [-0.4, -0.2) is 95.0 Å². The normalized spacial score (nSPS) is 18.4. The van der Waals surface area contributed by atoms with Crippen LogP contribution >= 0.6 is 0 Å². The number of hydrogen-bond donors (Lipinski definition) is 6. The molecule has 8 N–H and O–H groups in total. The van der Waals surface area contributed by atoms with Gasteiger partial charge in [-0.2, -0.15) is 5.10 Å². The fourth-order valence-electron chi connectivity index (χ4n) is 6.53. The van der Waals surface area contributed by atoms with Gasteiger partial charge in [0.2, 0.25) is 5.91 Å². The lowest BCUT2D eigenvalue weighted by Crippen LogP contribution is -2.59. The first-order valence-electron chi connectivity index (χ1n) is 18.6. The molecule has 2 aliphatic heterocycles. The van der Waals surface area contributed by atoms with Crippen molar-refractivity contribution in [2.24, 2.45) is 17.4 Å². The van der Waals surface area contributed by atoms with E-state index in [0.717, 1.165) is 48.2 Å². The Bertz CT molecular complexity index is 1980. The molecule has 15 nitrogen and oxygen atoms in total. The van der Waals surface area contributed by atoms with E-state index in [2.05, 4.69) is 25.8 Å². The quantitative estimate of drug-likeness (QED) is 0.0904. The molecule has 0 bridgehead atoms. The monoisotopic (exact) mass is 735 g/mol. The number of allylic oxidation sites excluding steroid dienone is 1. The molecule has 4 aliphatic rings. The summed E-state index contributed by atoms with van der Waals surface area (Å²) in [4.78, 5) is 47.9. The third-order valence-corrected chi connectivity index (χ3v) is 10.1. The number of nitrogens with two attached hydrogens (primary N) is 2. The number of fused-ring (bicyclic) bond motifs is 3. The van der Waals surface area contributed by atoms with Gasteiger partial charge in [0.05, 0.1) is 47.2 Å². The van der Waals surface area contributed by atoms with Crippen LogP contribution in [0.3, 0.4) is 0 Å². The van der Waals surface area contributed by atoms with Crippen LogP contribution in [0.25, 0.3) is 11.1 Å². The van der Waals surface area contributed by atoms with Crippen molar-refractivity contribution in [3.63, 3.8) is 0 Å². The Morgan fingerprint density at radius 3 is 2.44 bits per heavy atom. The zero-order valence-corrected chi connectivity index (χ0v) is 31.6. The summed E-state index contributed by atoms with van der Waals surface area (Å²) in [5, 5.41) is 25.1. The minimum absolute atomic E-state index is 0.0451. The number of likely N-dealkylation sites (tertiary alicyclic amines) is 1. The zero-order chi connectivity index (χ0) is 38.9. The number of nitrogens with zero attached hydrogens (tertiary/aromatic N) is 6. The third-order valence-electron chi connectivity index (χ3n) is 10.1. The number of hydrogen-bond acceptors (Lipinski definition) is 11. The molecule has 7 rings (SSSR count). The molecular weight excluding hydrogens is 685 g/mol. The van der Waals surface area contributed by atoms with Gasteiger partial charge in [0, 0.05) is 62.9 Å². The number of carbonyl (C=O) groups is 3. The fourth-order valence-corrected chi connectivity index (χ4v) is 6.53. The van der Waals surface area contributed by atoms with Gasteiger partial charge >= 0.3 is 0 Å². The van der Waals surface area contributed by atoms with Gasteiger partial charge in [-0.25, -0.2) is 4.98 Å². The summed E-state index contributed by atoms with van der Waals surface area (Å²) in [6.45, 7) is 7.74. The summed E-state index contributed by atoms with van der Waals surface area (Å²) in [5.74, 6) is -0.775. The van der Waals surface area contributed by atoms with Crippen molar-refractivity contribution in [2.75, 3.05) is 43.9 Å². The lowest BCUT2D eigenvalue weighted by molar-refractivity contribution is -0.121. The maximum absolute atomic E-state index is 13.0. The maximum Gasteiger partial charge on any atom is 0.272 e. The number of amides is 3. The standard InChI is InChI=1S/C36H44BN11O4.C2H6/c1-4-45(2)35(51)26-9-6-10-29(43-26)36(37,52)47-17-22(18-47)48-28-19-46(3)32-23(24(28)16-40-48)7-5-8-25(32)42-27(31(39)34(50)41-21-13-14-21)15-30(38)44-33(49)20-11-12-20;1-2/h5-10,15-16,20-22,42,52H,4,11-14,17-19,38-39H2,1-3H3,(H,41,50)(H,44,49);1-2H3/b30-15+,31-27+;. The fraction of sp³-hybridized carbons (Fsp3) is 0.447. The van der Waals surface area contributed by atoms with Gasteiger partial charge in [-0.15, -0.1) is 0 Å². The molecule has 1 saturated heterocycles. The summed E-state index contributed by atoms with van der Waals surface area (Å²) >= 11 is 0. The number of benzene rings is 1. The summed E-state index contributed by atoms with van der Waals surface area (Å²) in [6.07, 6.45) is 6.78. The smallest absolute Gasteiger partial charge is 0.272 e. The first-order chi connectivity index (χ1) is 25.8. The highest BCUT2D eigenvalue weighted by atomic mass is 16.3. The number of pyridine rings is 1. The highest BCUT2D eigenvalue weighted by Gasteiger charge is 2.43. The van der Waals surface area contributed by atoms with Crippen LogP contribution in [0.1, 0.15) is 74.4 Å². The predicted molar refractivity (Wildman–Crippen MR) is 207 cm³/mol. The summed E-state index contributed by atoms with van der Waals surface area (Å²) in [6, 6.07) is 10.7. The van der Waals surface area contributed by atoms with E-state index < -0.39 is 11.5 Å². The molecule has 3 amide bonds. The predicted octanol–water partition coefficient (Wildman–Crippen LogP) is 2.03.